The number of urea groups is 1. The molecule has 10 nitrogen and oxygen atoms in total. The number of pyridine rings is 1. The summed E-state index contributed by atoms with van der Waals surface area (Å²) in [6, 6.07) is 22.1. The normalized spacial score (nSPS) is 11.1. The number of aromatic nitrogens is 5. The van der Waals surface area contributed by atoms with Crippen LogP contribution >= 0.6 is 0 Å². The maximum Gasteiger partial charge on any atom is 0.325 e. The first kappa shape index (κ1) is 23.0. The molecule has 0 aliphatic rings. The lowest BCUT2D eigenvalue weighted by Gasteiger charge is -2.14. The third-order valence-corrected chi connectivity index (χ3v) is 6.09. The van der Waals surface area contributed by atoms with Gasteiger partial charge in [-0.3, -0.25) is 10.3 Å². The number of hydrogen-bond donors (Lipinski definition) is 4. The number of anilines is 2. The van der Waals surface area contributed by atoms with Crippen LogP contribution in [-0.2, 0) is 0 Å². The molecule has 3 aromatic carbocycles. The van der Waals surface area contributed by atoms with Gasteiger partial charge in [0.25, 0.3) is 0 Å². The zero-order valence-electron chi connectivity index (χ0n) is 20.6. The van der Waals surface area contributed by atoms with Gasteiger partial charge in [0, 0.05) is 29.1 Å². The Morgan fingerprint density at radius 1 is 0.895 bits per heavy atom. The number of carbonyl (C=O) groups is 1. The molecule has 0 spiro atoms. The van der Waals surface area contributed by atoms with Crippen LogP contribution in [0.3, 0.4) is 0 Å². The quantitative estimate of drug-likeness (QED) is 0.241. The second kappa shape index (κ2) is 9.25. The van der Waals surface area contributed by atoms with Crippen molar-refractivity contribution < 1.29 is 9.53 Å². The molecule has 0 fully saturated rings. The van der Waals surface area contributed by atoms with Crippen molar-refractivity contribution in [1.29, 1.82) is 0 Å². The highest BCUT2D eigenvalue weighted by molar-refractivity contribution is 6.07. The maximum absolute atomic E-state index is 13.1. The molecular formula is C28H23N7O3. The summed E-state index contributed by atoms with van der Waals surface area (Å²) in [5.41, 5.74) is 3.90. The number of nitrogens with zero attached hydrogens (tertiary/aromatic N) is 3. The van der Waals surface area contributed by atoms with Gasteiger partial charge in [-0.25, -0.2) is 19.3 Å². The molecule has 188 valence electrons. The molecule has 6 rings (SSSR count). The minimum atomic E-state index is -0.405. The third kappa shape index (κ3) is 4.35. The van der Waals surface area contributed by atoms with Crippen LogP contribution in [0.4, 0.5) is 16.3 Å². The van der Waals surface area contributed by atoms with E-state index in [0.29, 0.717) is 34.2 Å². The highest BCUT2D eigenvalue weighted by atomic mass is 16.5. The molecule has 6 aromatic rings. The minimum Gasteiger partial charge on any atom is -0.454 e. The predicted octanol–water partition coefficient (Wildman–Crippen LogP) is 5.64. The van der Waals surface area contributed by atoms with Crippen LogP contribution in [0.2, 0.25) is 0 Å². The Labute approximate surface area is 216 Å². The van der Waals surface area contributed by atoms with Crippen molar-refractivity contribution in [2.24, 2.45) is 0 Å². The summed E-state index contributed by atoms with van der Waals surface area (Å²) in [7, 11) is 0. The fraction of sp³-hybridized carbons (Fsp3) is 0.0714. The number of benzene rings is 3. The molecule has 0 atom stereocenters. The second-order valence-corrected chi connectivity index (χ2v) is 8.87. The summed E-state index contributed by atoms with van der Waals surface area (Å²) in [6.45, 7) is 3.89. The van der Waals surface area contributed by atoms with Gasteiger partial charge >= 0.3 is 11.7 Å². The number of ether oxygens (including phenoxy) is 1. The number of H-pyrrole nitrogens is 2. The minimum absolute atomic E-state index is 0.363. The number of carbonyl (C=O) groups excluding carboxylic acids is 1. The molecule has 4 N–H and O–H groups in total. The molecule has 2 amide bonds. The van der Waals surface area contributed by atoms with Gasteiger partial charge in [0.05, 0.1) is 17.1 Å². The summed E-state index contributed by atoms with van der Waals surface area (Å²) in [4.78, 5) is 34.3. The summed E-state index contributed by atoms with van der Waals surface area (Å²) >= 11 is 0. The number of nitrogens with one attached hydrogen (secondary N) is 4. The first-order valence-electron chi connectivity index (χ1n) is 11.9. The average molecular weight is 506 g/mol. The summed E-state index contributed by atoms with van der Waals surface area (Å²) < 4.78 is 7.88. The van der Waals surface area contributed by atoms with E-state index >= 15 is 0 Å². The summed E-state index contributed by atoms with van der Waals surface area (Å²) in [5, 5.41) is 12.0. The van der Waals surface area contributed by atoms with E-state index in [1.165, 1.54) is 0 Å². The fourth-order valence-electron chi connectivity index (χ4n) is 4.33. The van der Waals surface area contributed by atoms with Gasteiger partial charge in [-0.05, 0) is 38.1 Å². The SMILES string of the molecule is Cc1ccc(-n2nc(C)cc2NC(=O)Nc2ccc(Oc3ccnc4[nH]c(=O)[nH]c34)c3ccccc23)cc1. The Morgan fingerprint density at radius 2 is 1.68 bits per heavy atom. The molecule has 0 aliphatic carbocycles. The number of hydrogen-bond acceptors (Lipinski definition) is 5. The van der Waals surface area contributed by atoms with Crippen LogP contribution < -0.4 is 21.1 Å². The number of amides is 2. The Morgan fingerprint density at radius 3 is 2.50 bits per heavy atom. The van der Waals surface area contributed by atoms with Crippen LogP contribution in [0.1, 0.15) is 11.3 Å². The van der Waals surface area contributed by atoms with E-state index in [-0.39, 0.29) is 5.69 Å². The summed E-state index contributed by atoms with van der Waals surface area (Å²) in [6.07, 6.45) is 1.56. The van der Waals surface area contributed by atoms with E-state index in [9.17, 15) is 9.59 Å². The second-order valence-electron chi connectivity index (χ2n) is 8.87. The van der Waals surface area contributed by atoms with Crippen LogP contribution in [0, 0.1) is 13.8 Å². The van der Waals surface area contributed by atoms with Crippen molar-refractivity contribution in [1.82, 2.24) is 24.7 Å². The number of fused-ring (bicyclic) bond motifs is 2. The van der Waals surface area contributed by atoms with Crippen molar-refractivity contribution in [3.05, 3.63) is 101 Å². The van der Waals surface area contributed by atoms with E-state index in [1.54, 1.807) is 29.1 Å². The van der Waals surface area contributed by atoms with Crippen LogP contribution in [-0.4, -0.2) is 30.8 Å². The van der Waals surface area contributed by atoms with Gasteiger partial charge in [0.1, 0.15) is 17.1 Å². The number of aryl methyl sites for hydroxylation is 2. The summed E-state index contributed by atoms with van der Waals surface area (Å²) in [5.74, 6) is 1.57. The average Bonchev–Trinajstić information content (AvgIpc) is 3.47. The molecule has 0 radical (unpaired) electrons. The van der Waals surface area contributed by atoms with E-state index in [0.717, 1.165) is 27.7 Å². The van der Waals surface area contributed by atoms with Crippen molar-refractivity contribution in [3.63, 3.8) is 0 Å². The molecule has 0 saturated carbocycles. The molecule has 10 heteroatoms. The van der Waals surface area contributed by atoms with Crippen molar-refractivity contribution in [3.8, 4) is 17.2 Å². The lowest BCUT2D eigenvalue weighted by Crippen LogP contribution is -2.21. The van der Waals surface area contributed by atoms with E-state index in [2.05, 4.69) is 30.7 Å². The van der Waals surface area contributed by atoms with E-state index in [1.807, 2.05) is 68.4 Å². The molecule has 3 heterocycles. The van der Waals surface area contributed by atoms with Crippen molar-refractivity contribution in [2.75, 3.05) is 10.6 Å². The number of aromatic amines is 2. The first-order chi connectivity index (χ1) is 18.4. The smallest absolute Gasteiger partial charge is 0.325 e. The molecule has 0 aliphatic heterocycles. The Kier molecular flexibility index (Phi) is 5.61. The van der Waals surface area contributed by atoms with Gasteiger partial charge in [0.2, 0.25) is 0 Å². The third-order valence-electron chi connectivity index (χ3n) is 6.09. The van der Waals surface area contributed by atoms with Gasteiger partial charge < -0.3 is 15.0 Å². The molecule has 38 heavy (non-hydrogen) atoms. The lowest BCUT2D eigenvalue weighted by atomic mass is 10.1. The monoisotopic (exact) mass is 505 g/mol. The maximum atomic E-state index is 13.1. The molecule has 0 saturated heterocycles. The zero-order chi connectivity index (χ0) is 26.2. The van der Waals surface area contributed by atoms with E-state index in [4.69, 9.17) is 4.74 Å². The van der Waals surface area contributed by atoms with Crippen molar-refractivity contribution in [2.45, 2.75) is 13.8 Å². The van der Waals surface area contributed by atoms with Gasteiger partial charge in [-0.2, -0.15) is 5.10 Å². The number of rotatable bonds is 5. The van der Waals surface area contributed by atoms with Crippen molar-refractivity contribution >= 4 is 39.5 Å². The standard InChI is InChI=1S/C28H23N7O3/c1-16-7-9-18(10-8-16)35-24(15-17(2)34-35)31-27(36)30-21-11-12-22(20-6-4-3-5-19(20)21)38-23-13-14-29-26-25(23)32-28(37)33-26/h3-15H,1-2H3,(H2,30,31,36)(H2,29,32,33,37). The largest absolute Gasteiger partial charge is 0.454 e. The van der Waals surface area contributed by atoms with Gasteiger partial charge in [-0.15, -0.1) is 0 Å². The van der Waals surface area contributed by atoms with E-state index < -0.39 is 6.03 Å². The van der Waals surface area contributed by atoms with Crippen LogP contribution in [0.25, 0.3) is 27.6 Å². The Hall–Kier alpha value is -5.38. The van der Waals surface area contributed by atoms with Gasteiger partial charge in [-0.1, -0.05) is 42.0 Å². The molecule has 0 unspecified atom stereocenters. The number of imidazole rings is 1. The molecule has 3 aromatic heterocycles. The lowest BCUT2D eigenvalue weighted by molar-refractivity contribution is 0.262. The highest BCUT2D eigenvalue weighted by Gasteiger charge is 2.15. The Balaban J connectivity index is 1.28. The fourth-order valence-corrected chi connectivity index (χ4v) is 4.33. The molecular weight excluding hydrogens is 482 g/mol. The zero-order valence-corrected chi connectivity index (χ0v) is 20.6. The Bertz CT molecular complexity index is 1870. The topological polar surface area (TPSA) is 130 Å². The predicted molar refractivity (Wildman–Crippen MR) is 146 cm³/mol. The highest BCUT2D eigenvalue weighted by Crippen LogP contribution is 2.35. The van der Waals surface area contributed by atoms with Crippen LogP contribution in [0.15, 0.2) is 83.8 Å². The molecule has 0 bridgehead atoms. The van der Waals surface area contributed by atoms with Gasteiger partial charge in [0.15, 0.2) is 11.4 Å². The first-order valence-corrected chi connectivity index (χ1v) is 11.9. The van der Waals surface area contributed by atoms with Crippen LogP contribution in [0.5, 0.6) is 11.5 Å².